The molecule has 0 saturated carbocycles. The summed E-state index contributed by atoms with van der Waals surface area (Å²) < 4.78 is 17.0. The molecule has 2 heterocycles. The quantitative estimate of drug-likeness (QED) is 0.418. The van der Waals surface area contributed by atoms with Gasteiger partial charge in [-0.1, -0.05) is 10.3 Å². The minimum atomic E-state index is -0.428. The van der Waals surface area contributed by atoms with Gasteiger partial charge in [0.25, 0.3) is 0 Å². The topological polar surface area (TPSA) is 97.3 Å². The highest BCUT2D eigenvalue weighted by atomic mass is 19.1. The first-order valence-corrected chi connectivity index (χ1v) is 6.00. The normalized spacial score (nSPS) is 10.3. The third-order valence-electron chi connectivity index (χ3n) is 2.78. The lowest BCUT2D eigenvalue weighted by atomic mass is 10.2. The van der Waals surface area contributed by atoms with E-state index in [0.717, 1.165) is 0 Å². The molecule has 3 aromatic rings. The van der Waals surface area contributed by atoms with Crippen molar-refractivity contribution < 1.29 is 4.39 Å². The third kappa shape index (κ3) is 2.58. The van der Waals surface area contributed by atoms with Crippen molar-refractivity contribution in [2.75, 3.05) is 0 Å². The highest BCUT2D eigenvalue weighted by Gasteiger charge is 2.08. The van der Waals surface area contributed by atoms with Gasteiger partial charge in [0.2, 0.25) is 0 Å². The van der Waals surface area contributed by atoms with E-state index in [0.29, 0.717) is 17.1 Å². The predicted octanol–water partition coefficient (Wildman–Crippen LogP) is 2.40. The SMILES string of the molecule is [N-]=[N+]=NCc1cn(-c2ccc(-n3cccn3)c(F)c2)nn1. The average Bonchev–Trinajstić information content (AvgIpc) is 3.16. The molecule has 0 saturated heterocycles. The van der Waals surface area contributed by atoms with Gasteiger partial charge in [0.1, 0.15) is 5.69 Å². The van der Waals surface area contributed by atoms with Gasteiger partial charge >= 0.3 is 0 Å². The highest BCUT2D eigenvalue weighted by Crippen LogP contribution is 2.16. The Labute approximate surface area is 118 Å². The van der Waals surface area contributed by atoms with Crippen LogP contribution in [-0.4, -0.2) is 24.8 Å². The molecule has 104 valence electrons. The van der Waals surface area contributed by atoms with E-state index in [2.05, 4.69) is 25.4 Å². The summed E-state index contributed by atoms with van der Waals surface area (Å²) in [5, 5.41) is 15.1. The summed E-state index contributed by atoms with van der Waals surface area (Å²) in [6.07, 6.45) is 4.81. The summed E-state index contributed by atoms with van der Waals surface area (Å²) in [6, 6.07) is 6.36. The van der Waals surface area contributed by atoms with E-state index < -0.39 is 5.82 Å². The number of rotatable bonds is 4. The fraction of sp³-hybridized carbons (Fsp3) is 0.0833. The van der Waals surface area contributed by atoms with Crippen molar-refractivity contribution in [2.45, 2.75) is 6.54 Å². The van der Waals surface area contributed by atoms with E-state index in [-0.39, 0.29) is 6.54 Å². The van der Waals surface area contributed by atoms with Gasteiger partial charge in [-0.2, -0.15) is 5.10 Å². The first kappa shape index (κ1) is 12.8. The Morgan fingerprint density at radius 2 is 2.24 bits per heavy atom. The predicted molar refractivity (Wildman–Crippen MR) is 71.3 cm³/mol. The summed E-state index contributed by atoms with van der Waals surface area (Å²) in [6.45, 7) is 0.102. The molecule has 3 rings (SSSR count). The zero-order chi connectivity index (χ0) is 14.7. The number of hydrogen-bond donors (Lipinski definition) is 0. The number of aromatic nitrogens is 5. The standard InChI is InChI=1S/C12H9FN8/c13-11-6-10(2-3-12(11)20-5-1-4-16-20)21-8-9(17-19-21)7-15-18-14/h1-6,8H,7H2. The lowest BCUT2D eigenvalue weighted by molar-refractivity contribution is 0.608. The molecule has 0 amide bonds. The number of azide groups is 1. The molecule has 2 aromatic heterocycles. The van der Waals surface area contributed by atoms with Crippen molar-refractivity contribution in [3.63, 3.8) is 0 Å². The summed E-state index contributed by atoms with van der Waals surface area (Å²) >= 11 is 0. The van der Waals surface area contributed by atoms with E-state index in [1.807, 2.05) is 0 Å². The first-order valence-electron chi connectivity index (χ1n) is 6.00. The van der Waals surface area contributed by atoms with Crippen LogP contribution < -0.4 is 0 Å². The Morgan fingerprint density at radius 1 is 1.33 bits per heavy atom. The van der Waals surface area contributed by atoms with Gasteiger partial charge in [-0.3, -0.25) is 0 Å². The molecule has 0 N–H and O–H groups in total. The molecule has 0 radical (unpaired) electrons. The smallest absolute Gasteiger partial charge is 0.151 e. The minimum Gasteiger partial charge on any atom is -0.238 e. The number of halogens is 1. The molecule has 0 spiro atoms. The van der Waals surface area contributed by atoms with Gasteiger partial charge in [-0.05, 0) is 23.7 Å². The van der Waals surface area contributed by atoms with E-state index >= 15 is 0 Å². The lowest BCUT2D eigenvalue weighted by Gasteiger charge is -2.05. The zero-order valence-corrected chi connectivity index (χ0v) is 10.7. The second kappa shape index (κ2) is 5.43. The second-order valence-electron chi connectivity index (χ2n) is 4.13. The van der Waals surface area contributed by atoms with Crippen LogP contribution in [0.3, 0.4) is 0 Å². The largest absolute Gasteiger partial charge is 0.238 e. The van der Waals surface area contributed by atoms with Gasteiger partial charge in [0.05, 0.1) is 24.1 Å². The highest BCUT2D eigenvalue weighted by molar-refractivity contribution is 5.42. The van der Waals surface area contributed by atoms with Crippen molar-refractivity contribution in [3.8, 4) is 11.4 Å². The molecule has 1 aromatic carbocycles. The van der Waals surface area contributed by atoms with Crippen LogP contribution in [0.25, 0.3) is 21.8 Å². The average molecular weight is 284 g/mol. The third-order valence-corrected chi connectivity index (χ3v) is 2.78. The summed E-state index contributed by atoms with van der Waals surface area (Å²) in [4.78, 5) is 2.65. The molecule has 0 aliphatic rings. The maximum Gasteiger partial charge on any atom is 0.151 e. The van der Waals surface area contributed by atoms with Crippen LogP contribution in [0.5, 0.6) is 0 Å². The molecule has 8 nitrogen and oxygen atoms in total. The van der Waals surface area contributed by atoms with E-state index in [4.69, 9.17) is 5.53 Å². The van der Waals surface area contributed by atoms with Gasteiger partial charge in [-0.15, -0.1) is 5.10 Å². The molecule has 0 unspecified atom stereocenters. The Morgan fingerprint density at radius 3 is 2.95 bits per heavy atom. The monoisotopic (exact) mass is 284 g/mol. The summed E-state index contributed by atoms with van der Waals surface area (Å²) in [7, 11) is 0. The van der Waals surface area contributed by atoms with Crippen LogP contribution in [0.1, 0.15) is 5.69 Å². The van der Waals surface area contributed by atoms with Gasteiger partial charge < -0.3 is 0 Å². The van der Waals surface area contributed by atoms with Crippen LogP contribution in [0, 0.1) is 5.82 Å². The molecule has 0 aliphatic heterocycles. The fourth-order valence-corrected chi connectivity index (χ4v) is 1.84. The summed E-state index contributed by atoms with van der Waals surface area (Å²) in [5.74, 6) is -0.428. The molecule has 21 heavy (non-hydrogen) atoms. The zero-order valence-electron chi connectivity index (χ0n) is 10.7. The number of nitrogens with zero attached hydrogens (tertiary/aromatic N) is 8. The molecule has 0 aliphatic carbocycles. The van der Waals surface area contributed by atoms with Crippen LogP contribution in [0.4, 0.5) is 4.39 Å². The molecular weight excluding hydrogens is 275 g/mol. The minimum absolute atomic E-state index is 0.102. The van der Waals surface area contributed by atoms with Gasteiger partial charge in [0, 0.05) is 23.4 Å². The number of hydrogen-bond acceptors (Lipinski definition) is 4. The van der Waals surface area contributed by atoms with E-state index in [9.17, 15) is 4.39 Å². The van der Waals surface area contributed by atoms with Crippen LogP contribution >= 0.6 is 0 Å². The molecule has 9 heteroatoms. The Balaban J connectivity index is 1.91. The second-order valence-corrected chi connectivity index (χ2v) is 4.13. The van der Waals surface area contributed by atoms with E-state index in [1.54, 1.807) is 36.8 Å². The fourth-order valence-electron chi connectivity index (χ4n) is 1.84. The maximum absolute atomic E-state index is 14.1. The number of benzene rings is 1. The van der Waals surface area contributed by atoms with Crippen LogP contribution in [0.15, 0.2) is 48.0 Å². The molecule has 0 atom stereocenters. The van der Waals surface area contributed by atoms with Gasteiger partial charge in [-0.25, -0.2) is 13.8 Å². The Hall–Kier alpha value is -3.19. The van der Waals surface area contributed by atoms with Crippen molar-refractivity contribution >= 4 is 0 Å². The molecule has 0 bridgehead atoms. The Kier molecular flexibility index (Phi) is 3.32. The van der Waals surface area contributed by atoms with Gasteiger partial charge in [0.15, 0.2) is 5.82 Å². The van der Waals surface area contributed by atoms with E-state index in [1.165, 1.54) is 15.4 Å². The van der Waals surface area contributed by atoms with Crippen molar-refractivity contribution in [3.05, 3.63) is 64.8 Å². The molecule has 0 fully saturated rings. The van der Waals surface area contributed by atoms with Crippen molar-refractivity contribution in [1.29, 1.82) is 0 Å². The maximum atomic E-state index is 14.1. The first-order chi connectivity index (χ1) is 10.3. The van der Waals surface area contributed by atoms with Crippen LogP contribution in [0.2, 0.25) is 0 Å². The summed E-state index contributed by atoms with van der Waals surface area (Å²) in [5.41, 5.74) is 9.62. The van der Waals surface area contributed by atoms with Crippen molar-refractivity contribution in [1.82, 2.24) is 24.8 Å². The molecular formula is C12H9FN8. The van der Waals surface area contributed by atoms with Crippen LogP contribution in [-0.2, 0) is 6.54 Å². The van der Waals surface area contributed by atoms with Crippen molar-refractivity contribution in [2.24, 2.45) is 5.11 Å². The lowest BCUT2D eigenvalue weighted by Crippen LogP contribution is -2.01. The Bertz CT molecular complexity index is 801.